The van der Waals surface area contributed by atoms with Crippen LogP contribution in [0.5, 0.6) is 5.75 Å². The molecule has 19 heavy (non-hydrogen) atoms. The first-order valence-corrected chi connectivity index (χ1v) is 7.54. The smallest absolute Gasteiger partial charge is 0.127 e. The number of ether oxygens (including phenoxy) is 1. The van der Waals surface area contributed by atoms with E-state index in [9.17, 15) is 0 Å². The lowest BCUT2D eigenvalue weighted by molar-refractivity contribution is 0.352. The van der Waals surface area contributed by atoms with Crippen molar-refractivity contribution in [2.75, 3.05) is 6.61 Å². The summed E-state index contributed by atoms with van der Waals surface area (Å²) in [6, 6.07) is 3.98. The van der Waals surface area contributed by atoms with Gasteiger partial charge in [-0.2, -0.15) is 0 Å². The summed E-state index contributed by atoms with van der Waals surface area (Å²) < 4.78 is 5.68. The predicted octanol–water partition coefficient (Wildman–Crippen LogP) is 3.33. The SMILES string of the molecule is Cc1csc(CNCc2cc(Cl)cc3c2OCC3)n1. The minimum atomic E-state index is 0.752. The highest BCUT2D eigenvalue weighted by molar-refractivity contribution is 7.09. The van der Waals surface area contributed by atoms with Crippen LogP contribution in [0.1, 0.15) is 21.8 Å². The van der Waals surface area contributed by atoms with E-state index in [1.807, 2.05) is 19.1 Å². The summed E-state index contributed by atoms with van der Waals surface area (Å²) in [5.74, 6) is 1.01. The van der Waals surface area contributed by atoms with Crippen molar-refractivity contribution in [3.8, 4) is 5.75 Å². The van der Waals surface area contributed by atoms with Gasteiger partial charge in [0.05, 0.1) is 6.61 Å². The number of hydrogen-bond donors (Lipinski definition) is 1. The lowest BCUT2D eigenvalue weighted by Gasteiger charge is -2.09. The third-order valence-electron chi connectivity index (χ3n) is 3.08. The Hall–Kier alpha value is -1.10. The van der Waals surface area contributed by atoms with Crippen molar-refractivity contribution in [3.63, 3.8) is 0 Å². The third kappa shape index (κ3) is 2.91. The van der Waals surface area contributed by atoms with Crippen LogP contribution in [0.3, 0.4) is 0 Å². The number of halogens is 1. The highest BCUT2D eigenvalue weighted by atomic mass is 35.5. The first kappa shape index (κ1) is 12.9. The van der Waals surface area contributed by atoms with Crippen LogP contribution in [0.2, 0.25) is 5.02 Å². The van der Waals surface area contributed by atoms with Gasteiger partial charge in [-0.3, -0.25) is 0 Å². The van der Waals surface area contributed by atoms with Gasteiger partial charge >= 0.3 is 0 Å². The molecule has 0 atom stereocenters. The molecule has 0 amide bonds. The minimum absolute atomic E-state index is 0.752. The van der Waals surface area contributed by atoms with Gasteiger partial charge in [-0.15, -0.1) is 11.3 Å². The second kappa shape index (κ2) is 5.49. The first-order valence-electron chi connectivity index (χ1n) is 6.28. The molecule has 1 N–H and O–H groups in total. The molecular formula is C14H15ClN2OS. The van der Waals surface area contributed by atoms with E-state index < -0.39 is 0 Å². The summed E-state index contributed by atoms with van der Waals surface area (Å²) in [7, 11) is 0. The van der Waals surface area contributed by atoms with Gasteiger partial charge in [0, 0.05) is 41.2 Å². The average molecular weight is 295 g/mol. The zero-order valence-electron chi connectivity index (χ0n) is 10.7. The fraction of sp³-hybridized carbons (Fsp3) is 0.357. The minimum Gasteiger partial charge on any atom is -0.493 e. The van der Waals surface area contributed by atoms with Crippen molar-refractivity contribution in [1.29, 1.82) is 0 Å². The molecule has 1 aromatic heterocycles. The zero-order chi connectivity index (χ0) is 13.2. The van der Waals surface area contributed by atoms with Gasteiger partial charge in [0.15, 0.2) is 0 Å². The lowest BCUT2D eigenvalue weighted by Crippen LogP contribution is -2.13. The predicted molar refractivity (Wildman–Crippen MR) is 78.0 cm³/mol. The fourth-order valence-electron chi connectivity index (χ4n) is 2.27. The average Bonchev–Trinajstić information content (AvgIpc) is 2.98. The molecule has 1 aliphatic rings. The molecule has 100 valence electrons. The van der Waals surface area contributed by atoms with Crippen LogP contribution in [0.15, 0.2) is 17.5 Å². The normalized spacial score (nSPS) is 13.4. The maximum absolute atomic E-state index is 6.13. The van der Waals surface area contributed by atoms with Crippen molar-refractivity contribution < 1.29 is 4.74 Å². The number of hydrogen-bond acceptors (Lipinski definition) is 4. The quantitative estimate of drug-likeness (QED) is 0.939. The molecule has 2 aromatic rings. The molecule has 0 radical (unpaired) electrons. The number of aromatic nitrogens is 1. The standard InChI is InChI=1S/C14H15ClN2OS/c1-9-8-19-13(17-9)7-16-6-11-5-12(15)4-10-2-3-18-14(10)11/h4-5,8,16H,2-3,6-7H2,1H3. The number of rotatable bonds is 4. The van der Waals surface area contributed by atoms with Gasteiger partial charge in [-0.1, -0.05) is 11.6 Å². The maximum Gasteiger partial charge on any atom is 0.127 e. The molecule has 2 heterocycles. The highest BCUT2D eigenvalue weighted by Crippen LogP contribution is 2.32. The van der Waals surface area contributed by atoms with E-state index in [2.05, 4.69) is 15.7 Å². The molecule has 0 spiro atoms. The van der Waals surface area contributed by atoms with E-state index in [1.165, 1.54) is 5.56 Å². The van der Waals surface area contributed by atoms with Gasteiger partial charge in [-0.25, -0.2) is 4.98 Å². The largest absolute Gasteiger partial charge is 0.493 e. The van der Waals surface area contributed by atoms with Crippen LogP contribution < -0.4 is 10.1 Å². The Morgan fingerprint density at radius 1 is 1.42 bits per heavy atom. The van der Waals surface area contributed by atoms with Crippen molar-refractivity contribution in [3.05, 3.63) is 44.4 Å². The summed E-state index contributed by atoms with van der Waals surface area (Å²) in [6.07, 6.45) is 0.953. The fourth-order valence-corrected chi connectivity index (χ4v) is 3.27. The second-order valence-corrected chi connectivity index (χ2v) is 6.02. The molecule has 0 bridgehead atoms. The Morgan fingerprint density at radius 3 is 3.11 bits per heavy atom. The van der Waals surface area contributed by atoms with Crippen molar-refractivity contribution in [1.82, 2.24) is 10.3 Å². The number of thiazole rings is 1. The van der Waals surface area contributed by atoms with E-state index in [0.29, 0.717) is 0 Å². The van der Waals surface area contributed by atoms with Crippen LogP contribution in [0.25, 0.3) is 0 Å². The molecule has 0 saturated carbocycles. The summed E-state index contributed by atoms with van der Waals surface area (Å²) in [5, 5.41) is 7.36. The van der Waals surface area contributed by atoms with Gasteiger partial charge in [-0.05, 0) is 24.6 Å². The Labute approximate surface area is 121 Å². The molecule has 5 heteroatoms. The van der Waals surface area contributed by atoms with E-state index in [1.54, 1.807) is 11.3 Å². The second-order valence-electron chi connectivity index (χ2n) is 4.64. The Morgan fingerprint density at radius 2 is 2.32 bits per heavy atom. The number of nitrogens with one attached hydrogen (secondary N) is 1. The Bertz CT molecular complexity index is 597. The van der Waals surface area contributed by atoms with Crippen molar-refractivity contribution in [2.45, 2.75) is 26.4 Å². The Kier molecular flexibility index (Phi) is 3.73. The molecule has 0 saturated heterocycles. The van der Waals surface area contributed by atoms with E-state index in [4.69, 9.17) is 16.3 Å². The Balaban J connectivity index is 1.67. The summed E-state index contributed by atoms with van der Waals surface area (Å²) in [4.78, 5) is 4.43. The van der Waals surface area contributed by atoms with Crippen LogP contribution in [-0.2, 0) is 19.5 Å². The molecule has 3 nitrogen and oxygen atoms in total. The van der Waals surface area contributed by atoms with Crippen LogP contribution in [0.4, 0.5) is 0 Å². The molecule has 3 rings (SSSR count). The molecule has 0 unspecified atom stereocenters. The van der Waals surface area contributed by atoms with Crippen LogP contribution >= 0.6 is 22.9 Å². The van der Waals surface area contributed by atoms with Crippen LogP contribution in [0, 0.1) is 6.92 Å². The molecule has 0 fully saturated rings. The van der Waals surface area contributed by atoms with Gasteiger partial charge < -0.3 is 10.1 Å². The maximum atomic E-state index is 6.13. The lowest BCUT2D eigenvalue weighted by atomic mass is 10.1. The number of nitrogens with zero attached hydrogens (tertiary/aromatic N) is 1. The van der Waals surface area contributed by atoms with Gasteiger partial charge in [0.2, 0.25) is 0 Å². The first-order chi connectivity index (χ1) is 9.22. The summed E-state index contributed by atoms with van der Waals surface area (Å²) in [6.45, 7) is 4.30. The van der Waals surface area contributed by atoms with E-state index in [0.717, 1.165) is 53.2 Å². The van der Waals surface area contributed by atoms with Gasteiger partial charge in [0.25, 0.3) is 0 Å². The van der Waals surface area contributed by atoms with Crippen molar-refractivity contribution in [2.24, 2.45) is 0 Å². The molecule has 1 aliphatic heterocycles. The number of aryl methyl sites for hydroxylation is 1. The monoisotopic (exact) mass is 294 g/mol. The topological polar surface area (TPSA) is 34.1 Å². The van der Waals surface area contributed by atoms with Crippen molar-refractivity contribution >= 4 is 22.9 Å². The third-order valence-corrected chi connectivity index (χ3v) is 4.27. The van der Waals surface area contributed by atoms with Gasteiger partial charge in [0.1, 0.15) is 10.8 Å². The number of benzene rings is 1. The molecule has 0 aliphatic carbocycles. The molecule has 1 aromatic carbocycles. The van der Waals surface area contributed by atoms with E-state index >= 15 is 0 Å². The number of fused-ring (bicyclic) bond motifs is 1. The zero-order valence-corrected chi connectivity index (χ0v) is 12.3. The highest BCUT2D eigenvalue weighted by Gasteiger charge is 2.17. The molecular weight excluding hydrogens is 280 g/mol. The van der Waals surface area contributed by atoms with Crippen LogP contribution in [-0.4, -0.2) is 11.6 Å². The summed E-state index contributed by atoms with van der Waals surface area (Å²) >= 11 is 7.82. The summed E-state index contributed by atoms with van der Waals surface area (Å²) in [5.41, 5.74) is 3.43. The van der Waals surface area contributed by atoms with E-state index in [-0.39, 0.29) is 0 Å².